The number of nitro benzene ring substituents is 1. The molecule has 2 heterocycles. The van der Waals surface area contributed by atoms with Crippen LogP contribution in [0.4, 0.5) is 34.5 Å². The van der Waals surface area contributed by atoms with Crippen molar-refractivity contribution in [2.75, 3.05) is 16.0 Å². The predicted octanol–water partition coefficient (Wildman–Crippen LogP) is 5.14. The molecule has 0 fully saturated rings. The van der Waals surface area contributed by atoms with Crippen molar-refractivity contribution < 1.29 is 9.72 Å². The number of nitrogens with zero attached hydrogens (tertiary/aromatic N) is 4. The van der Waals surface area contributed by atoms with Gasteiger partial charge in [-0.1, -0.05) is 0 Å². The first kappa shape index (κ1) is 22.3. The summed E-state index contributed by atoms with van der Waals surface area (Å²) in [6, 6.07) is 18.1. The van der Waals surface area contributed by atoms with Crippen LogP contribution in [0.2, 0.25) is 0 Å². The number of anilines is 5. The Morgan fingerprint density at radius 3 is 2.12 bits per heavy atom. The van der Waals surface area contributed by atoms with E-state index >= 15 is 0 Å². The summed E-state index contributed by atoms with van der Waals surface area (Å²) in [6.07, 6.45) is 1.73. The average Bonchev–Trinajstić information content (AvgIpc) is 2.80. The van der Waals surface area contributed by atoms with Gasteiger partial charge in [-0.15, -0.1) is 0 Å². The van der Waals surface area contributed by atoms with Crippen molar-refractivity contribution in [3.05, 3.63) is 100.0 Å². The molecule has 3 N–H and O–H groups in total. The van der Waals surface area contributed by atoms with E-state index in [4.69, 9.17) is 0 Å². The van der Waals surface area contributed by atoms with Crippen molar-refractivity contribution in [3.63, 3.8) is 0 Å². The number of carbonyl (C=O) groups is 1. The first-order valence-electron chi connectivity index (χ1n) is 10.3. The maximum absolute atomic E-state index is 12.4. The second kappa shape index (κ2) is 9.74. The van der Waals surface area contributed by atoms with E-state index in [0.29, 0.717) is 34.5 Å². The van der Waals surface area contributed by atoms with E-state index in [1.54, 1.807) is 43.5 Å². The molecule has 0 bridgehead atoms. The number of carbonyl (C=O) groups excluding carboxylic acids is 1. The van der Waals surface area contributed by atoms with Crippen molar-refractivity contribution in [3.8, 4) is 0 Å². The zero-order chi connectivity index (χ0) is 24.1. The lowest BCUT2D eigenvalue weighted by Crippen LogP contribution is -2.11. The molecular formula is C24H21N7O3. The maximum Gasteiger partial charge on any atom is 0.269 e. The first-order valence-corrected chi connectivity index (χ1v) is 10.3. The lowest BCUT2D eigenvalue weighted by Gasteiger charge is -2.11. The van der Waals surface area contributed by atoms with Gasteiger partial charge in [0.05, 0.1) is 4.92 Å². The van der Waals surface area contributed by atoms with Crippen LogP contribution < -0.4 is 16.0 Å². The molecule has 10 heteroatoms. The molecular weight excluding hydrogens is 434 g/mol. The Labute approximate surface area is 195 Å². The fourth-order valence-electron chi connectivity index (χ4n) is 3.15. The minimum atomic E-state index is -0.509. The Morgan fingerprint density at radius 1 is 0.824 bits per heavy atom. The summed E-state index contributed by atoms with van der Waals surface area (Å²) in [5.41, 5.74) is 2.70. The SMILES string of the molecule is Cc1ccnc(Nc2cc(Nc3ccc(NC(=O)c4ccc([N+](=O)[O-])cc4)cc3)nc(C)n2)c1. The van der Waals surface area contributed by atoms with Gasteiger partial charge in [0.2, 0.25) is 0 Å². The Balaban J connectivity index is 1.41. The fraction of sp³-hybridized carbons (Fsp3) is 0.0833. The summed E-state index contributed by atoms with van der Waals surface area (Å²) < 4.78 is 0. The van der Waals surface area contributed by atoms with E-state index in [2.05, 4.69) is 30.9 Å². The van der Waals surface area contributed by atoms with Crippen LogP contribution in [-0.4, -0.2) is 25.8 Å². The van der Waals surface area contributed by atoms with Crippen LogP contribution in [0.3, 0.4) is 0 Å². The molecule has 2 aromatic heterocycles. The van der Waals surface area contributed by atoms with Crippen LogP contribution in [0.5, 0.6) is 0 Å². The third-order valence-electron chi connectivity index (χ3n) is 4.77. The molecule has 0 aliphatic rings. The molecule has 34 heavy (non-hydrogen) atoms. The van der Waals surface area contributed by atoms with E-state index < -0.39 is 4.92 Å². The van der Waals surface area contributed by atoms with Crippen LogP contribution in [0.15, 0.2) is 72.9 Å². The molecule has 4 rings (SSSR count). The monoisotopic (exact) mass is 455 g/mol. The summed E-state index contributed by atoms with van der Waals surface area (Å²) >= 11 is 0. The van der Waals surface area contributed by atoms with E-state index in [1.807, 2.05) is 19.1 Å². The molecule has 0 radical (unpaired) electrons. The van der Waals surface area contributed by atoms with Crippen molar-refractivity contribution in [2.45, 2.75) is 13.8 Å². The van der Waals surface area contributed by atoms with Crippen molar-refractivity contribution >= 4 is 40.4 Å². The van der Waals surface area contributed by atoms with Gasteiger partial charge in [-0.2, -0.15) is 0 Å². The molecule has 2 aromatic carbocycles. The van der Waals surface area contributed by atoms with Crippen LogP contribution in [0.25, 0.3) is 0 Å². The Kier molecular flexibility index (Phi) is 6.40. The maximum atomic E-state index is 12.4. The van der Waals surface area contributed by atoms with Gasteiger partial charge in [0, 0.05) is 41.3 Å². The average molecular weight is 455 g/mol. The normalized spacial score (nSPS) is 10.4. The van der Waals surface area contributed by atoms with Gasteiger partial charge in [0.1, 0.15) is 23.3 Å². The highest BCUT2D eigenvalue weighted by molar-refractivity contribution is 6.04. The van der Waals surface area contributed by atoms with Crippen LogP contribution in [0.1, 0.15) is 21.7 Å². The van der Waals surface area contributed by atoms with Crippen LogP contribution in [-0.2, 0) is 0 Å². The van der Waals surface area contributed by atoms with Gasteiger partial charge in [-0.3, -0.25) is 14.9 Å². The molecule has 0 spiro atoms. The van der Waals surface area contributed by atoms with Crippen molar-refractivity contribution in [1.82, 2.24) is 15.0 Å². The van der Waals surface area contributed by atoms with Crippen molar-refractivity contribution in [2.24, 2.45) is 0 Å². The number of nitro groups is 1. The third kappa shape index (κ3) is 5.68. The summed E-state index contributed by atoms with van der Waals surface area (Å²) in [4.78, 5) is 35.7. The smallest absolute Gasteiger partial charge is 0.269 e. The third-order valence-corrected chi connectivity index (χ3v) is 4.77. The minimum Gasteiger partial charge on any atom is -0.340 e. The molecule has 0 aliphatic heterocycles. The molecule has 0 saturated heterocycles. The zero-order valence-corrected chi connectivity index (χ0v) is 18.4. The quantitative estimate of drug-likeness (QED) is 0.258. The number of pyridine rings is 1. The second-order valence-electron chi connectivity index (χ2n) is 7.49. The number of benzene rings is 2. The Bertz CT molecular complexity index is 1340. The molecule has 4 aromatic rings. The summed E-state index contributed by atoms with van der Waals surface area (Å²) in [7, 11) is 0. The number of hydrogen-bond acceptors (Lipinski definition) is 8. The molecule has 0 aliphatic carbocycles. The summed E-state index contributed by atoms with van der Waals surface area (Å²) in [5.74, 6) is 2.14. The van der Waals surface area contributed by atoms with Gasteiger partial charge in [0.15, 0.2) is 0 Å². The first-order chi connectivity index (χ1) is 16.4. The van der Waals surface area contributed by atoms with E-state index in [-0.39, 0.29) is 11.6 Å². The number of non-ortho nitro benzene ring substituents is 1. The number of aryl methyl sites for hydroxylation is 2. The van der Waals surface area contributed by atoms with Gasteiger partial charge >= 0.3 is 0 Å². The highest BCUT2D eigenvalue weighted by Gasteiger charge is 2.10. The number of nitrogens with one attached hydrogen (secondary N) is 3. The standard InChI is InChI=1S/C24H21N7O3/c1-15-11-12-25-21(13-15)30-23-14-22(26-16(2)27-23)28-18-5-7-19(8-6-18)29-24(32)17-3-9-20(10-4-17)31(33)34/h3-14H,1-2H3,(H,29,32)(H2,25,26,27,28,30). The van der Waals surface area contributed by atoms with E-state index in [1.165, 1.54) is 24.3 Å². The van der Waals surface area contributed by atoms with Crippen LogP contribution >= 0.6 is 0 Å². The topological polar surface area (TPSA) is 135 Å². The number of amides is 1. The lowest BCUT2D eigenvalue weighted by atomic mass is 10.2. The Morgan fingerprint density at radius 2 is 1.47 bits per heavy atom. The molecule has 170 valence electrons. The summed E-state index contributed by atoms with van der Waals surface area (Å²) in [6.45, 7) is 3.79. The second-order valence-corrected chi connectivity index (χ2v) is 7.49. The van der Waals surface area contributed by atoms with Crippen molar-refractivity contribution in [1.29, 1.82) is 0 Å². The molecule has 1 amide bonds. The fourth-order valence-corrected chi connectivity index (χ4v) is 3.15. The van der Waals surface area contributed by atoms with Gasteiger partial charge in [-0.25, -0.2) is 15.0 Å². The summed E-state index contributed by atoms with van der Waals surface area (Å²) in [5, 5.41) is 19.9. The number of hydrogen-bond donors (Lipinski definition) is 3. The minimum absolute atomic E-state index is 0.0690. The predicted molar refractivity (Wildman–Crippen MR) is 130 cm³/mol. The van der Waals surface area contributed by atoms with E-state index in [9.17, 15) is 14.9 Å². The van der Waals surface area contributed by atoms with E-state index in [0.717, 1.165) is 11.3 Å². The zero-order valence-electron chi connectivity index (χ0n) is 18.4. The Hall–Kier alpha value is -4.86. The number of aromatic nitrogens is 3. The van der Waals surface area contributed by atoms with Gasteiger partial charge in [-0.05, 0) is 67.9 Å². The molecule has 0 atom stereocenters. The largest absolute Gasteiger partial charge is 0.340 e. The van der Waals surface area contributed by atoms with Gasteiger partial charge in [0.25, 0.3) is 11.6 Å². The lowest BCUT2D eigenvalue weighted by molar-refractivity contribution is -0.384. The van der Waals surface area contributed by atoms with Crippen LogP contribution in [0, 0.1) is 24.0 Å². The molecule has 0 saturated carbocycles. The molecule has 0 unspecified atom stereocenters. The van der Waals surface area contributed by atoms with Gasteiger partial charge < -0.3 is 16.0 Å². The molecule has 10 nitrogen and oxygen atoms in total. The highest BCUT2D eigenvalue weighted by atomic mass is 16.6. The highest BCUT2D eigenvalue weighted by Crippen LogP contribution is 2.22. The number of rotatable bonds is 7.